The molecule has 0 saturated heterocycles. The summed E-state index contributed by atoms with van der Waals surface area (Å²) in [6, 6.07) is 17.0. The molecule has 158 valence electrons. The molecule has 0 aliphatic heterocycles. The van der Waals surface area contributed by atoms with Gasteiger partial charge in [-0.2, -0.15) is 5.10 Å². The second kappa shape index (κ2) is 8.83. The molecule has 5 nitrogen and oxygen atoms in total. The number of nitrogens with zero attached hydrogens (tertiary/aromatic N) is 1. The van der Waals surface area contributed by atoms with Crippen LogP contribution in [0.3, 0.4) is 0 Å². The molecule has 1 atom stereocenters. The van der Waals surface area contributed by atoms with Crippen molar-refractivity contribution in [1.82, 2.24) is 10.2 Å². The topological polar surface area (TPSA) is 83.8 Å². The third-order valence-electron chi connectivity index (χ3n) is 5.08. The van der Waals surface area contributed by atoms with Crippen molar-refractivity contribution < 1.29 is 13.6 Å². The number of aromatic amines is 1. The van der Waals surface area contributed by atoms with Gasteiger partial charge >= 0.3 is 0 Å². The van der Waals surface area contributed by atoms with Gasteiger partial charge in [0, 0.05) is 22.2 Å². The summed E-state index contributed by atoms with van der Waals surface area (Å²) in [5, 5.41) is 10.6. The second-order valence-corrected chi connectivity index (χ2v) is 7.48. The van der Waals surface area contributed by atoms with E-state index in [1.165, 1.54) is 0 Å². The van der Waals surface area contributed by atoms with Crippen molar-refractivity contribution in [2.75, 3.05) is 11.9 Å². The fourth-order valence-electron chi connectivity index (χ4n) is 3.57. The van der Waals surface area contributed by atoms with Crippen molar-refractivity contribution in [3.63, 3.8) is 0 Å². The Morgan fingerprint density at radius 1 is 1.13 bits per heavy atom. The minimum atomic E-state index is -1.13. The highest BCUT2D eigenvalue weighted by molar-refractivity contribution is 6.30. The summed E-state index contributed by atoms with van der Waals surface area (Å²) in [6.07, 6.45) is 0.0588. The molecule has 31 heavy (non-hydrogen) atoms. The highest BCUT2D eigenvalue weighted by Gasteiger charge is 2.28. The average molecular weight is 441 g/mol. The number of nitrogens with two attached hydrogens (primary N) is 1. The van der Waals surface area contributed by atoms with E-state index < -0.39 is 23.5 Å². The first-order valence-electron chi connectivity index (χ1n) is 9.67. The van der Waals surface area contributed by atoms with Crippen LogP contribution in [0.2, 0.25) is 5.02 Å². The van der Waals surface area contributed by atoms with Crippen LogP contribution in [0, 0.1) is 11.6 Å². The van der Waals surface area contributed by atoms with E-state index in [0.29, 0.717) is 5.69 Å². The van der Waals surface area contributed by atoms with Crippen LogP contribution in [-0.2, 0) is 4.79 Å². The van der Waals surface area contributed by atoms with E-state index in [2.05, 4.69) is 15.5 Å². The van der Waals surface area contributed by atoms with Gasteiger partial charge in [0.1, 0.15) is 11.6 Å². The first kappa shape index (κ1) is 21.0. The first-order valence-corrected chi connectivity index (χ1v) is 10.0. The van der Waals surface area contributed by atoms with Crippen LogP contribution < -0.4 is 11.1 Å². The monoisotopic (exact) mass is 440 g/mol. The van der Waals surface area contributed by atoms with Gasteiger partial charge in [-0.1, -0.05) is 41.9 Å². The molecule has 0 unspecified atom stereocenters. The number of amides is 1. The van der Waals surface area contributed by atoms with Crippen LogP contribution >= 0.6 is 11.6 Å². The molecule has 3 aromatic carbocycles. The summed E-state index contributed by atoms with van der Waals surface area (Å²) in [5.74, 6) is -3.49. The molecule has 0 bridgehead atoms. The zero-order chi connectivity index (χ0) is 22.0. The summed E-state index contributed by atoms with van der Waals surface area (Å²) in [7, 11) is 0. The van der Waals surface area contributed by atoms with Crippen LogP contribution in [0.5, 0.6) is 0 Å². The van der Waals surface area contributed by atoms with Crippen LogP contribution in [0.1, 0.15) is 17.9 Å². The maximum absolute atomic E-state index is 14.5. The lowest BCUT2D eigenvalue weighted by Crippen LogP contribution is -2.25. The van der Waals surface area contributed by atoms with E-state index in [9.17, 15) is 13.6 Å². The lowest BCUT2D eigenvalue weighted by atomic mass is 9.93. The summed E-state index contributed by atoms with van der Waals surface area (Å²) in [6.45, 7) is 0.0718. The van der Waals surface area contributed by atoms with E-state index in [4.69, 9.17) is 17.3 Å². The number of carbonyl (C=O) groups is 1. The van der Waals surface area contributed by atoms with Gasteiger partial charge in [0.15, 0.2) is 0 Å². The van der Waals surface area contributed by atoms with Crippen molar-refractivity contribution in [2.24, 2.45) is 5.73 Å². The zero-order valence-corrected chi connectivity index (χ0v) is 17.1. The maximum atomic E-state index is 14.5. The molecule has 1 aromatic heterocycles. The number of hydrogen-bond donors (Lipinski definition) is 3. The third kappa shape index (κ3) is 4.15. The highest BCUT2D eigenvalue weighted by atomic mass is 35.5. The van der Waals surface area contributed by atoms with Gasteiger partial charge in [0.05, 0.1) is 22.2 Å². The molecule has 0 aliphatic carbocycles. The molecule has 0 radical (unpaired) electrons. The number of nitrogens with one attached hydrogen (secondary N) is 2. The number of hydrogen-bond acceptors (Lipinski definition) is 3. The van der Waals surface area contributed by atoms with Crippen LogP contribution in [0.25, 0.3) is 22.2 Å². The molecule has 4 N–H and O–H groups in total. The van der Waals surface area contributed by atoms with Crippen LogP contribution in [-0.4, -0.2) is 22.6 Å². The predicted octanol–water partition coefficient (Wildman–Crippen LogP) is 5.23. The van der Waals surface area contributed by atoms with Gasteiger partial charge in [-0.05, 0) is 43.3 Å². The SMILES string of the molecule is NCC[C@H](C(=O)Nc1ccc2[nH]nc(-c3ccccc3)c2c1)c1c(F)ccc(Cl)c1F. The predicted molar refractivity (Wildman–Crippen MR) is 118 cm³/mol. The maximum Gasteiger partial charge on any atom is 0.232 e. The van der Waals surface area contributed by atoms with Gasteiger partial charge in [-0.25, -0.2) is 8.78 Å². The lowest BCUT2D eigenvalue weighted by molar-refractivity contribution is -0.117. The van der Waals surface area contributed by atoms with Gasteiger partial charge in [0.2, 0.25) is 5.91 Å². The molecule has 0 spiro atoms. The van der Waals surface area contributed by atoms with E-state index in [1.807, 2.05) is 30.3 Å². The number of fused-ring (bicyclic) bond motifs is 1. The standard InChI is InChI=1S/C23H19ClF2N4O/c24-17-7-8-18(25)20(21(17)26)15(10-11-27)23(31)28-14-6-9-19-16(12-14)22(30-29-19)13-4-2-1-3-5-13/h1-9,12,15H,10-11,27H2,(H,28,31)(H,29,30)/t15-/m0/s1. The number of carbonyl (C=O) groups excluding carboxylic acids is 1. The number of H-pyrrole nitrogens is 1. The third-order valence-corrected chi connectivity index (χ3v) is 5.37. The Morgan fingerprint density at radius 3 is 2.65 bits per heavy atom. The van der Waals surface area contributed by atoms with Crippen molar-refractivity contribution in [3.8, 4) is 11.3 Å². The summed E-state index contributed by atoms with van der Waals surface area (Å²) >= 11 is 5.81. The Balaban J connectivity index is 1.68. The molecule has 4 rings (SSSR count). The minimum absolute atomic E-state index is 0.0588. The summed E-state index contributed by atoms with van der Waals surface area (Å²) < 4.78 is 28.9. The van der Waals surface area contributed by atoms with Crippen LogP contribution in [0.15, 0.2) is 60.7 Å². The van der Waals surface area contributed by atoms with Crippen LogP contribution in [0.4, 0.5) is 14.5 Å². The number of anilines is 1. The van der Waals surface area contributed by atoms with Crippen molar-refractivity contribution in [2.45, 2.75) is 12.3 Å². The quantitative estimate of drug-likeness (QED) is 0.359. The van der Waals surface area contributed by atoms with E-state index in [1.54, 1.807) is 18.2 Å². The molecule has 0 saturated carbocycles. The normalized spacial score (nSPS) is 12.1. The van der Waals surface area contributed by atoms with Gasteiger partial charge in [0.25, 0.3) is 0 Å². The number of halogens is 3. The first-order chi connectivity index (χ1) is 15.0. The molecule has 8 heteroatoms. The molecular weight excluding hydrogens is 422 g/mol. The largest absolute Gasteiger partial charge is 0.330 e. The lowest BCUT2D eigenvalue weighted by Gasteiger charge is -2.18. The molecule has 0 aliphatic rings. The molecule has 0 fully saturated rings. The van der Waals surface area contributed by atoms with Gasteiger partial charge in [-0.15, -0.1) is 0 Å². The van der Waals surface area contributed by atoms with Crippen molar-refractivity contribution in [1.29, 1.82) is 0 Å². The molecule has 4 aromatic rings. The zero-order valence-electron chi connectivity index (χ0n) is 16.3. The summed E-state index contributed by atoms with van der Waals surface area (Å²) in [5.41, 5.74) is 8.14. The Hall–Kier alpha value is -3.29. The van der Waals surface area contributed by atoms with E-state index in [0.717, 1.165) is 34.3 Å². The van der Waals surface area contributed by atoms with Crippen molar-refractivity contribution in [3.05, 3.63) is 82.9 Å². The van der Waals surface area contributed by atoms with Gasteiger partial charge in [-0.3, -0.25) is 9.89 Å². The average Bonchev–Trinajstić information content (AvgIpc) is 3.20. The van der Waals surface area contributed by atoms with E-state index in [-0.39, 0.29) is 23.6 Å². The molecule has 1 amide bonds. The van der Waals surface area contributed by atoms with E-state index >= 15 is 0 Å². The minimum Gasteiger partial charge on any atom is -0.330 e. The fraction of sp³-hybridized carbons (Fsp3) is 0.130. The Labute approximate surface area is 182 Å². The molecular formula is C23H19ClF2N4O. The Kier molecular flexibility index (Phi) is 5.97. The number of benzene rings is 3. The second-order valence-electron chi connectivity index (χ2n) is 7.07. The number of rotatable bonds is 6. The fourth-order valence-corrected chi connectivity index (χ4v) is 3.74. The smallest absolute Gasteiger partial charge is 0.232 e. The Bertz CT molecular complexity index is 1240. The molecule has 1 heterocycles. The Morgan fingerprint density at radius 2 is 1.90 bits per heavy atom. The van der Waals surface area contributed by atoms with Gasteiger partial charge < -0.3 is 11.1 Å². The summed E-state index contributed by atoms with van der Waals surface area (Å²) in [4.78, 5) is 13.0. The van der Waals surface area contributed by atoms with Crippen molar-refractivity contribution >= 4 is 34.1 Å². The number of aromatic nitrogens is 2. The highest BCUT2D eigenvalue weighted by Crippen LogP contribution is 2.32.